The summed E-state index contributed by atoms with van der Waals surface area (Å²) in [5.41, 5.74) is 2.05. The summed E-state index contributed by atoms with van der Waals surface area (Å²) < 4.78 is 23.5. The van der Waals surface area contributed by atoms with Crippen LogP contribution in [0.2, 0.25) is 0 Å². The first kappa shape index (κ1) is 25.4. The molecule has 2 aromatic carbocycles. The molecule has 0 saturated heterocycles. The molecule has 0 radical (unpaired) electrons. The van der Waals surface area contributed by atoms with Gasteiger partial charge in [0.1, 0.15) is 12.2 Å². The van der Waals surface area contributed by atoms with E-state index in [9.17, 15) is 9.59 Å². The van der Waals surface area contributed by atoms with Crippen molar-refractivity contribution in [1.29, 1.82) is 0 Å². The highest BCUT2D eigenvalue weighted by molar-refractivity contribution is 5.82. The molecule has 180 valence electrons. The highest BCUT2D eigenvalue weighted by Gasteiger charge is 2.28. The fraction of sp³-hybridized carbons (Fsp3) is 0.357. The van der Waals surface area contributed by atoms with Crippen LogP contribution in [0.25, 0.3) is 0 Å². The zero-order chi connectivity index (χ0) is 24.2. The van der Waals surface area contributed by atoms with Gasteiger partial charge in [-0.15, -0.1) is 0 Å². The number of ether oxygens (including phenoxy) is 4. The summed E-state index contributed by atoms with van der Waals surface area (Å²) >= 11 is 0. The van der Waals surface area contributed by atoms with Gasteiger partial charge in [-0.05, 0) is 37.5 Å². The molecule has 1 aliphatic rings. The molecule has 4 atom stereocenters. The van der Waals surface area contributed by atoms with Crippen LogP contribution in [0.15, 0.2) is 85.0 Å². The maximum absolute atomic E-state index is 12.5. The number of allylic oxidation sites excluding steroid dienone is 1. The summed E-state index contributed by atoms with van der Waals surface area (Å²) in [5, 5.41) is 0. The van der Waals surface area contributed by atoms with E-state index >= 15 is 0 Å². The number of hydrogen-bond donors (Lipinski definition) is 0. The molecule has 0 bridgehead atoms. The maximum atomic E-state index is 12.5. The molecule has 6 nitrogen and oxygen atoms in total. The second kappa shape index (κ2) is 13.5. The highest BCUT2D eigenvalue weighted by Crippen LogP contribution is 2.21. The Hall–Kier alpha value is -3.22. The lowest BCUT2D eigenvalue weighted by molar-refractivity contribution is -0.162. The summed E-state index contributed by atoms with van der Waals surface area (Å²) in [4.78, 5) is 24.5. The zero-order valence-electron chi connectivity index (χ0n) is 19.7. The van der Waals surface area contributed by atoms with E-state index in [4.69, 9.17) is 18.9 Å². The lowest BCUT2D eigenvalue weighted by Crippen LogP contribution is -2.36. The lowest BCUT2D eigenvalue weighted by atomic mass is 10.0. The number of carbonyl (C=O) groups is 2. The lowest BCUT2D eigenvalue weighted by Gasteiger charge is -2.28. The Morgan fingerprint density at radius 1 is 0.941 bits per heavy atom. The molecular weight excluding hydrogens is 432 g/mol. The van der Waals surface area contributed by atoms with Crippen LogP contribution >= 0.6 is 0 Å². The van der Waals surface area contributed by atoms with Crippen molar-refractivity contribution >= 4 is 11.9 Å². The summed E-state index contributed by atoms with van der Waals surface area (Å²) in [6.45, 7) is 4.20. The molecule has 0 saturated carbocycles. The number of carbonyl (C=O) groups excluding carboxylic acids is 2. The minimum Gasteiger partial charge on any atom is -0.458 e. The SMILES string of the molecule is C/C=C/C(=O)O[C@H]1/C=C/[C@@H](OCc2ccccc2)[C@@H](OCc2ccccc2)CCC(=O)O[C@@H]1C. The van der Waals surface area contributed by atoms with Gasteiger partial charge in [-0.2, -0.15) is 0 Å². The fourth-order valence-corrected chi connectivity index (χ4v) is 3.59. The Bertz CT molecular complexity index is 953. The average Bonchev–Trinajstić information content (AvgIpc) is 2.84. The highest BCUT2D eigenvalue weighted by atomic mass is 16.6. The molecule has 3 rings (SSSR count). The number of cyclic esters (lactones) is 1. The number of benzene rings is 2. The predicted octanol–water partition coefficient (Wildman–Crippen LogP) is 4.93. The van der Waals surface area contributed by atoms with Crippen molar-refractivity contribution in [2.75, 3.05) is 0 Å². The average molecular weight is 465 g/mol. The van der Waals surface area contributed by atoms with Crippen molar-refractivity contribution < 1.29 is 28.5 Å². The van der Waals surface area contributed by atoms with Crippen LogP contribution in [0.5, 0.6) is 0 Å². The molecule has 0 aromatic heterocycles. The first-order valence-corrected chi connectivity index (χ1v) is 11.6. The van der Waals surface area contributed by atoms with E-state index in [1.54, 1.807) is 26.0 Å². The van der Waals surface area contributed by atoms with Crippen LogP contribution in [-0.4, -0.2) is 36.4 Å². The molecule has 6 heteroatoms. The third-order valence-corrected chi connectivity index (χ3v) is 5.42. The van der Waals surface area contributed by atoms with Crippen molar-refractivity contribution in [2.45, 2.75) is 64.3 Å². The number of esters is 2. The Labute approximate surface area is 201 Å². The van der Waals surface area contributed by atoms with Crippen LogP contribution in [0, 0.1) is 0 Å². The molecule has 0 unspecified atom stereocenters. The molecule has 0 amide bonds. The zero-order valence-corrected chi connectivity index (χ0v) is 19.7. The topological polar surface area (TPSA) is 71.1 Å². The van der Waals surface area contributed by atoms with Gasteiger partial charge in [0.2, 0.25) is 0 Å². The van der Waals surface area contributed by atoms with Crippen LogP contribution in [0.4, 0.5) is 0 Å². The van der Waals surface area contributed by atoms with E-state index in [1.165, 1.54) is 6.08 Å². The smallest absolute Gasteiger partial charge is 0.331 e. The minimum atomic E-state index is -0.747. The van der Waals surface area contributed by atoms with Crippen molar-refractivity contribution in [3.05, 3.63) is 96.1 Å². The van der Waals surface area contributed by atoms with E-state index in [0.29, 0.717) is 19.6 Å². The van der Waals surface area contributed by atoms with Crippen LogP contribution in [-0.2, 0) is 41.8 Å². The fourth-order valence-electron chi connectivity index (χ4n) is 3.59. The Morgan fingerprint density at radius 3 is 2.15 bits per heavy atom. The van der Waals surface area contributed by atoms with Gasteiger partial charge in [-0.3, -0.25) is 4.79 Å². The molecule has 0 spiro atoms. The summed E-state index contributed by atoms with van der Waals surface area (Å²) in [6.07, 6.45) is 4.87. The quantitative estimate of drug-likeness (QED) is 0.314. The first-order chi connectivity index (χ1) is 16.5. The van der Waals surface area contributed by atoms with Crippen molar-refractivity contribution in [2.24, 2.45) is 0 Å². The van der Waals surface area contributed by atoms with Gasteiger partial charge in [-0.25, -0.2) is 4.79 Å². The standard InChI is InChI=1S/C28H32O6/c1-3-10-27(29)34-24-15-16-25(31-19-22-11-6-4-7-12-22)26(17-18-28(30)33-21(24)2)32-20-23-13-8-5-9-14-23/h3-16,21,24-26H,17-20H2,1-2H3/b10-3+,16-15+/t21-,24+,25-,26+/m1/s1. The Morgan fingerprint density at radius 2 is 1.53 bits per heavy atom. The van der Waals surface area contributed by atoms with E-state index in [0.717, 1.165) is 11.1 Å². The van der Waals surface area contributed by atoms with E-state index in [-0.39, 0.29) is 12.4 Å². The van der Waals surface area contributed by atoms with Gasteiger partial charge in [0, 0.05) is 12.5 Å². The van der Waals surface area contributed by atoms with Crippen LogP contribution in [0.1, 0.15) is 37.8 Å². The normalized spacial score (nSPS) is 24.4. The van der Waals surface area contributed by atoms with Crippen LogP contribution in [0.3, 0.4) is 0 Å². The van der Waals surface area contributed by atoms with Gasteiger partial charge in [-0.1, -0.05) is 72.8 Å². The van der Waals surface area contributed by atoms with Crippen LogP contribution < -0.4 is 0 Å². The summed E-state index contributed by atoms with van der Waals surface area (Å²) in [5.74, 6) is -0.874. The Kier molecular flexibility index (Phi) is 10.1. The third-order valence-electron chi connectivity index (χ3n) is 5.42. The van der Waals surface area contributed by atoms with Gasteiger partial charge in [0.05, 0.1) is 19.3 Å². The van der Waals surface area contributed by atoms with E-state index < -0.39 is 30.4 Å². The number of rotatable bonds is 8. The molecular formula is C28H32O6. The second-order valence-corrected chi connectivity index (χ2v) is 8.12. The first-order valence-electron chi connectivity index (χ1n) is 11.6. The van der Waals surface area contributed by atoms with Gasteiger partial charge in [0.15, 0.2) is 6.10 Å². The molecule has 1 heterocycles. The van der Waals surface area contributed by atoms with Gasteiger partial charge >= 0.3 is 11.9 Å². The molecule has 0 fully saturated rings. The minimum absolute atomic E-state index is 0.165. The van der Waals surface area contributed by atoms with E-state index in [1.807, 2.05) is 66.7 Å². The second-order valence-electron chi connectivity index (χ2n) is 8.12. The van der Waals surface area contributed by atoms with Gasteiger partial charge < -0.3 is 18.9 Å². The number of hydrogen-bond acceptors (Lipinski definition) is 6. The Balaban J connectivity index is 1.82. The summed E-state index contributed by atoms with van der Waals surface area (Å²) in [7, 11) is 0. The molecule has 1 aliphatic heterocycles. The predicted molar refractivity (Wildman–Crippen MR) is 129 cm³/mol. The van der Waals surface area contributed by atoms with E-state index in [2.05, 4.69) is 0 Å². The monoisotopic (exact) mass is 464 g/mol. The molecule has 34 heavy (non-hydrogen) atoms. The van der Waals surface area contributed by atoms with Crippen molar-refractivity contribution in [1.82, 2.24) is 0 Å². The van der Waals surface area contributed by atoms with Crippen molar-refractivity contribution in [3.63, 3.8) is 0 Å². The molecule has 0 aliphatic carbocycles. The van der Waals surface area contributed by atoms with Gasteiger partial charge in [0.25, 0.3) is 0 Å². The molecule has 2 aromatic rings. The third kappa shape index (κ3) is 8.28. The maximum Gasteiger partial charge on any atom is 0.331 e. The largest absolute Gasteiger partial charge is 0.458 e. The summed E-state index contributed by atoms with van der Waals surface area (Å²) in [6, 6.07) is 19.7. The van der Waals surface area contributed by atoms with Crippen molar-refractivity contribution in [3.8, 4) is 0 Å². The molecule has 0 N–H and O–H groups in total.